The fourth-order valence-electron chi connectivity index (χ4n) is 10.1. The molecule has 5 heterocycles. The van der Waals surface area contributed by atoms with Crippen molar-refractivity contribution < 1.29 is 24.5 Å². The van der Waals surface area contributed by atoms with E-state index in [0.29, 0.717) is 53.2 Å². The summed E-state index contributed by atoms with van der Waals surface area (Å²) in [5.74, 6) is -1.30. The molecule has 0 aromatic carbocycles. The molecule has 1 aliphatic carbocycles. The molecule has 3 aromatic rings. The Labute approximate surface area is 398 Å². The zero-order chi connectivity index (χ0) is 45.7. The van der Waals surface area contributed by atoms with E-state index in [9.17, 15) is 19.8 Å². The van der Waals surface area contributed by atoms with Crippen molar-refractivity contribution in [3.8, 4) is 0 Å². The Balaban J connectivity index is 0.00000771. The second-order valence-corrected chi connectivity index (χ2v) is 19.4. The Morgan fingerprint density at radius 1 is 0.859 bits per heavy atom. The molecule has 8 bridgehead atoms. The van der Waals surface area contributed by atoms with Crippen LogP contribution >= 0.6 is 0 Å². The van der Waals surface area contributed by atoms with Crippen molar-refractivity contribution in [3.05, 3.63) is 102 Å². The Hall–Kier alpha value is -3.83. The number of Topliss-reactive ketones (excluding diaryl/α,β-unsaturated/α-hetero) is 1. The zero-order valence-electron chi connectivity index (χ0n) is 40.4. The molecule has 64 heavy (non-hydrogen) atoms. The van der Waals surface area contributed by atoms with Crippen LogP contribution < -0.4 is 25.7 Å². The van der Waals surface area contributed by atoms with Gasteiger partial charge in [-0.15, -0.1) is 33.5 Å². The Kier molecular flexibility index (Phi) is 18.0. The van der Waals surface area contributed by atoms with Crippen molar-refractivity contribution in [2.45, 2.75) is 153 Å². The van der Waals surface area contributed by atoms with E-state index in [4.69, 9.17) is 25.0 Å². The van der Waals surface area contributed by atoms with Gasteiger partial charge in [0, 0.05) is 5.56 Å². The first-order valence-electron chi connectivity index (χ1n) is 23.8. The zero-order valence-corrected chi connectivity index (χ0v) is 41.9. The van der Waals surface area contributed by atoms with Gasteiger partial charge in [0.15, 0.2) is 12.1 Å². The standard InChI is InChI=1S/C54H74N4O5.Mg/c1-12-38-34(8)41-27-43-36(10)40(23-24-47(59)63-26-25-33(7)22-16-21-32(6)20-15-19-31(5)18-14-17-30(3)4)51(57-43)49-50(54(61)62)53(60)48-37(11)44(58-52(48)49)29-46-39(13-2)35(9)42(56-46)28-45(38)55-41;/h12,25,27-32,36,40,47,50,59H,1,13-24,26H2,2-11H3,(H3,57,58,60,61,62);/q-2;+2/p-2/b33-25+,42-28-,43-27-,46-29-;/t31-,32-,36+,40+,47?,50-;/m1./s1. The SMILES string of the molecule is C=Cc1c2[n-]c(c1C)/C=C1\[N-]/C(=C3\c4[n-]c(c(C)c4C(=O)[C@@H]3C(=O)O)/C=c3\[n-]/c(c(C)c3CC)=C\2)[C@@H](CCC(O)OC/C=C(\C)CCC[C@H](C)CCC[C@H](C)CCCC(C)C)[C@@H]1C.[Mg+2]. The Morgan fingerprint density at radius 3 is 2.14 bits per heavy atom. The summed E-state index contributed by atoms with van der Waals surface area (Å²) >= 11 is 0. The van der Waals surface area contributed by atoms with E-state index in [-0.39, 0.29) is 34.9 Å². The minimum atomic E-state index is -1.43. The van der Waals surface area contributed by atoms with Crippen molar-refractivity contribution in [2.75, 3.05) is 6.61 Å². The third-order valence-corrected chi connectivity index (χ3v) is 14.1. The predicted molar refractivity (Wildman–Crippen MR) is 261 cm³/mol. The van der Waals surface area contributed by atoms with Gasteiger partial charge in [0.05, 0.1) is 6.61 Å². The smallest absolute Gasteiger partial charge is 0.664 e. The van der Waals surface area contributed by atoms with Crippen molar-refractivity contribution in [1.29, 1.82) is 0 Å². The van der Waals surface area contributed by atoms with E-state index in [1.54, 1.807) is 0 Å². The molecule has 0 saturated carbocycles. The van der Waals surface area contributed by atoms with Gasteiger partial charge in [-0.2, -0.15) is 11.4 Å². The maximum absolute atomic E-state index is 14.1. The molecule has 0 amide bonds. The number of aromatic nitrogens is 3. The van der Waals surface area contributed by atoms with Crippen LogP contribution in [0.25, 0.3) is 35.2 Å². The van der Waals surface area contributed by atoms with Crippen molar-refractivity contribution in [2.24, 2.45) is 35.5 Å². The number of ether oxygens (including phenoxy) is 1. The number of carboxylic acid groups (broad SMARTS) is 1. The van der Waals surface area contributed by atoms with Gasteiger partial charge in [-0.3, -0.25) is 9.59 Å². The van der Waals surface area contributed by atoms with Gasteiger partial charge in [0.25, 0.3) is 0 Å². The molecule has 6 atom stereocenters. The molecule has 3 aromatic heterocycles. The van der Waals surface area contributed by atoms with Gasteiger partial charge >= 0.3 is 29.0 Å². The third-order valence-electron chi connectivity index (χ3n) is 14.1. The first kappa shape index (κ1) is 51.2. The summed E-state index contributed by atoms with van der Waals surface area (Å²) in [4.78, 5) is 42.3. The molecule has 9 nitrogen and oxygen atoms in total. The van der Waals surface area contributed by atoms with Crippen LogP contribution in [0.5, 0.6) is 0 Å². The molecule has 1 fully saturated rings. The maximum atomic E-state index is 14.1. The van der Waals surface area contributed by atoms with Crippen LogP contribution in [-0.4, -0.2) is 57.9 Å². The summed E-state index contributed by atoms with van der Waals surface area (Å²) < 4.78 is 5.94. The average Bonchev–Trinajstić information content (AvgIpc) is 3.97. The minimum absolute atomic E-state index is 0. The van der Waals surface area contributed by atoms with Crippen molar-refractivity contribution >= 4 is 64.7 Å². The minimum Gasteiger partial charge on any atom is -0.664 e. The van der Waals surface area contributed by atoms with Crippen LogP contribution in [0.2, 0.25) is 0 Å². The van der Waals surface area contributed by atoms with Gasteiger partial charge < -0.3 is 35.2 Å². The van der Waals surface area contributed by atoms with E-state index in [2.05, 4.69) is 68.0 Å². The van der Waals surface area contributed by atoms with Gasteiger partial charge in [-0.1, -0.05) is 157 Å². The molecule has 1 saturated heterocycles. The molecule has 0 radical (unpaired) electrons. The molecular weight excluding hydrogens is 809 g/mol. The van der Waals surface area contributed by atoms with Crippen LogP contribution in [0, 0.1) is 56.3 Å². The molecule has 0 spiro atoms. The molecule has 3 aliphatic rings. The summed E-state index contributed by atoms with van der Waals surface area (Å²) in [7, 11) is 0. The van der Waals surface area contributed by atoms with E-state index < -0.39 is 24.0 Å². The summed E-state index contributed by atoms with van der Waals surface area (Å²) in [5.41, 5.74) is 10.3. The van der Waals surface area contributed by atoms with Crippen LogP contribution in [0.15, 0.2) is 29.6 Å². The molecule has 2 aliphatic heterocycles. The molecule has 2 N–H and O–H groups in total. The van der Waals surface area contributed by atoms with Crippen molar-refractivity contribution in [3.63, 3.8) is 0 Å². The van der Waals surface area contributed by atoms with E-state index in [0.717, 1.165) is 87.1 Å². The number of hydrogen-bond acceptors (Lipinski definition) is 4. The van der Waals surface area contributed by atoms with E-state index in [1.807, 2.05) is 38.2 Å². The largest absolute Gasteiger partial charge is 2.00 e. The number of fused-ring (bicyclic) bond motifs is 7. The van der Waals surface area contributed by atoms with Gasteiger partial charge in [-0.05, 0) is 95.0 Å². The van der Waals surface area contributed by atoms with Crippen LogP contribution in [0.3, 0.4) is 0 Å². The maximum Gasteiger partial charge on any atom is 2.00 e. The van der Waals surface area contributed by atoms with Gasteiger partial charge in [-0.25, -0.2) is 0 Å². The first-order valence-corrected chi connectivity index (χ1v) is 23.8. The second kappa shape index (κ2) is 22.6. The summed E-state index contributed by atoms with van der Waals surface area (Å²) in [5, 5.41) is 28.5. The molecule has 1 unspecified atom stereocenters. The van der Waals surface area contributed by atoms with Crippen LogP contribution in [-0.2, 0) is 16.0 Å². The fourth-order valence-corrected chi connectivity index (χ4v) is 10.1. The Morgan fingerprint density at radius 2 is 1.50 bits per heavy atom. The number of allylic oxidation sites excluding steroid dienone is 3. The number of carbonyl (C=O) groups excluding carboxylic acids is 1. The quantitative estimate of drug-likeness (QED) is 0.0467. The number of aliphatic hydroxyl groups excluding tert-OH is 1. The molecule has 342 valence electrons. The number of carbonyl (C=O) groups is 2. The topological polar surface area (TPSA) is 140 Å². The van der Waals surface area contributed by atoms with Gasteiger partial charge in [0.1, 0.15) is 5.92 Å². The summed E-state index contributed by atoms with van der Waals surface area (Å²) in [6, 6.07) is 0. The monoisotopic (exact) mass is 881 g/mol. The fraction of sp³-hybridized carbons (Fsp3) is 0.556. The van der Waals surface area contributed by atoms with Crippen LogP contribution in [0.4, 0.5) is 0 Å². The Bertz CT molecular complexity index is 2390. The third kappa shape index (κ3) is 11.4. The number of aliphatic carboxylic acids is 1. The number of carboxylic acids is 1. The molecule has 10 heteroatoms. The normalized spacial score (nSPS) is 22.5. The number of rotatable bonds is 21. The summed E-state index contributed by atoms with van der Waals surface area (Å²) in [6.45, 7) is 26.0. The number of aliphatic hydroxyl groups is 1. The summed E-state index contributed by atoms with van der Waals surface area (Å²) in [6.07, 6.45) is 21.6. The molecule has 6 rings (SSSR count). The first-order chi connectivity index (χ1) is 30.0. The van der Waals surface area contributed by atoms with E-state index >= 15 is 0 Å². The predicted octanol–water partition coefficient (Wildman–Crippen LogP) is 10.1. The van der Waals surface area contributed by atoms with E-state index in [1.165, 1.54) is 50.5 Å². The number of ketones is 1. The van der Waals surface area contributed by atoms with Gasteiger partial charge in [0.2, 0.25) is 0 Å². The van der Waals surface area contributed by atoms with Crippen LogP contribution in [0.1, 0.15) is 180 Å². The number of nitrogens with zero attached hydrogens (tertiary/aromatic N) is 4. The number of hydrogen-bond donors (Lipinski definition) is 2. The molecular formula is C54H72MgN4O5-2. The average molecular weight is 881 g/mol. The van der Waals surface area contributed by atoms with Crippen molar-refractivity contribution in [1.82, 2.24) is 15.0 Å². The second-order valence-electron chi connectivity index (χ2n) is 19.4.